The van der Waals surface area contributed by atoms with Gasteiger partial charge in [0.1, 0.15) is 17.3 Å². The first-order valence-corrected chi connectivity index (χ1v) is 10.3. The van der Waals surface area contributed by atoms with Gasteiger partial charge in [0, 0.05) is 23.4 Å². The highest BCUT2D eigenvalue weighted by Crippen LogP contribution is 2.42. The Morgan fingerprint density at radius 3 is 2.57 bits per heavy atom. The fourth-order valence-corrected chi connectivity index (χ4v) is 3.95. The summed E-state index contributed by atoms with van der Waals surface area (Å²) in [4.78, 5) is 33.2. The van der Waals surface area contributed by atoms with Gasteiger partial charge in [-0.05, 0) is 25.1 Å². The zero-order valence-corrected chi connectivity index (χ0v) is 18.8. The predicted octanol–water partition coefficient (Wildman–Crippen LogP) is 3.70. The Morgan fingerprint density at radius 1 is 1.26 bits per heavy atom. The third-order valence-electron chi connectivity index (χ3n) is 5.69. The molecule has 3 heterocycles. The van der Waals surface area contributed by atoms with Crippen LogP contribution < -0.4 is 11.1 Å². The van der Waals surface area contributed by atoms with Crippen molar-refractivity contribution in [2.75, 3.05) is 18.2 Å². The summed E-state index contributed by atoms with van der Waals surface area (Å²) in [5, 5.41) is 7.03. The number of amides is 1. The molecule has 0 saturated carbocycles. The second-order valence-corrected chi connectivity index (χ2v) is 8.35. The number of nitrogens with one attached hydrogen (secondary N) is 1. The zero-order chi connectivity index (χ0) is 25.9. The number of esters is 1. The van der Waals surface area contributed by atoms with E-state index in [-0.39, 0.29) is 44.6 Å². The molecule has 35 heavy (non-hydrogen) atoms. The lowest BCUT2D eigenvalue weighted by atomic mass is 9.84. The molecule has 1 amide bonds. The number of methoxy groups -OCH3 is 1. The number of carbonyl (C=O) groups is 2. The fourth-order valence-electron chi connectivity index (χ4n) is 3.78. The van der Waals surface area contributed by atoms with Gasteiger partial charge in [-0.25, -0.2) is 9.97 Å². The van der Waals surface area contributed by atoms with Crippen molar-refractivity contribution in [1.29, 1.82) is 0 Å². The average Bonchev–Trinajstić information content (AvgIpc) is 3.25. The minimum atomic E-state index is -5.72. The number of halogens is 6. The summed E-state index contributed by atoms with van der Waals surface area (Å²) >= 11 is 5.99. The van der Waals surface area contributed by atoms with Crippen LogP contribution in [0.5, 0.6) is 0 Å². The Kier molecular flexibility index (Phi) is 5.62. The zero-order valence-electron chi connectivity index (χ0n) is 18.0. The van der Waals surface area contributed by atoms with E-state index >= 15 is 0 Å². The summed E-state index contributed by atoms with van der Waals surface area (Å²) in [6.07, 6.45) is -7.29. The first-order chi connectivity index (χ1) is 16.2. The van der Waals surface area contributed by atoms with Crippen LogP contribution in [-0.4, -0.2) is 50.8 Å². The lowest BCUT2D eigenvalue weighted by Gasteiger charge is -2.19. The van der Waals surface area contributed by atoms with Crippen LogP contribution in [0.2, 0.25) is 5.02 Å². The van der Waals surface area contributed by atoms with Crippen molar-refractivity contribution < 1.29 is 36.3 Å². The van der Waals surface area contributed by atoms with E-state index in [1.165, 1.54) is 25.1 Å². The minimum Gasteiger partial charge on any atom is -0.468 e. The summed E-state index contributed by atoms with van der Waals surface area (Å²) in [6.45, 7) is 0.479. The van der Waals surface area contributed by atoms with Gasteiger partial charge in [-0.1, -0.05) is 11.6 Å². The maximum atomic E-state index is 13.5. The standard InChI is InChI=1S/C20H16ClF5N6O3/c1-18(17(34)35-2)11-13(27)28-15(29-14(11)30-16(18)33)12-9-4-3-8(21)7-10(9)32(31-12)6-5-19(22,23)20(24,25)26/h3-4,7H,5-6H2,1-2H3,(H3,27,28,29,30,33). The normalized spacial score (nSPS) is 18.0. The lowest BCUT2D eigenvalue weighted by molar-refractivity contribution is -0.285. The molecule has 0 saturated heterocycles. The maximum absolute atomic E-state index is 13.5. The number of hydrogen-bond acceptors (Lipinski definition) is 7. The van der Waals surface area contributed by atoms with Crippen molar-refractivity contribution in [3.63, 3.8) is 0 Å². The van der Waals surface area contributed by atoms with Crippen molar-refractivity contribution in [1.82, 2.24) is 19.7 Å². The molecule has 3 N–H and O–H groups in total. The monoisotopic (exact) mass is 518 g/mol. The largest absolute Gasteiger partial charge is 0.468 e. The van der Waals surface area contributed by atoms with Crippen molar-refractivity contribution >= 4 is 46.0 Å². The number of aryl methyl sites for hydroxylation is 1. The molecule has 0 bridgehead atoms. The molecule has 0 fully saturated rings. The van der Waals surface area contributed by atoms with Crippen LogP contribution in [0.4, 0.5) is 33.6 Å². The second-order valence-electron chi connectivity index (χ2n) is 7.91. The Labute approximate surface area is 198 Å². The maximum Gasteiger partial charge on any atom is 0.453 e. The van der Waals surface area contributed by atoms with Crippen molar-refractivity contribution in [2.45, 2.75) is 37.4 Å². The number of anilines is 2. The molecule has 1 atom stereocenters. The minimum absolute atomic E-state index is 0.0117. The number of aromatic nitrogens is 4. The van der Waals surface area contributed by atoms with E-state index in [1.807, 2.05) is 0 Å². The first kappa shape index (κ1) is 24.6. The molecule has 2 aromatic heterocycles. The number of rotatable bonds is 5. The number of fused-ring (bicyclic) bond motifs is 2. The van der Waals surface area contributed by atoms with Gasteiger partial charge in [-0.2, -0.15) is 27.1 Å². The molecule has 186 valence electrons. The smallest absolute Gasteiger partial charge is 0.453 e. The van der Waals surface area contributed by atoms with Gasteiger partial charge in [0.2, 0.25) is 5.91 Å². The van der Waals surface area contributed by atoms with Crippen LogP contribution in [0.1, 0.15) is 18.9 Å². The van der Waals surface area contributed by atoms with E-state index < -0.39 is 42.4 Å². The molecule has 4 rings (SSSR count). The summed E-state index contributed by atoms with van der Waals surface area (Å²) in [7, 11) is 1.09. The van der Waals surface area contributed by atoms with Gasteiger partial charge in [-0.3, -0.25) is 14.3 Å². The topological polar surface area (TPSA) is 125 Å². The molecular weight excluding hydrogens is 503 g/mol. The molecule has 1 aliphatic rings. The Balaban J connectivity index is 1.82. The van der Waals surface area contributed by atoms with E-state index in [9.17, 15) is 31.5 Å². The number of nitrogens with two attached hydrogens (primary N) is 1. The number of hydrogen-bond donors (Lipinski definition) is 2. The predicted molar refractivity (Wildman–Crippen MR) is 114 cm³/mol. The number of alkyl halides is 5. The molecule has 1 aromatic carbocycles. The SMILES string of the molecule is COC(=O)C1(C)C(=O)Nc2nc(-c3nn(CCC(F)(F)C(F)(F)F)c4cc(Cl)ccc34)nc(N)c21. The van der Waals surface area contributed by atoms with Crippen LogP contribution >= 0.6 is 11.6 Å². The molecule has 3 aromatic rings. The summed E-state index contributed by atoms with van der Waals surface area (Å²) in [5.74, 6) is -7.10. The van der Waals surface area contributed by atoms with Crippen LogP contribution in [0, 0.1) is 0 Å². The van der Waals surface area contributed by atoms with E-state index in [0.29, 0.717) is 0 Å². The number of carbonyl (C=O) groups excluding carboxylic acids is 2. The van der Waals surface area contributed by atoms with Crippen LogP contribution in [-0.2, 0) is 26.3 Å². The highest BCUT2D eigenvalue weighted by Gasteiger charge is 2.57. The fraction of sp³-hybridized carbons (Fsp3) is 0.350. The molecule has 0 spiro atoms. The highest BCUT2D eigenvalue weighted by atomic mass is 35.5. The second kappa shape index (κ2) is 8.00. The molecule has 0 radical (unpaired) electrons. The van der Waals surface area contributed by atoms with E-state index in [1.54, 1.807) is 0 Å². The summed E-state index contributed by atoms with van der Waals surface area (Å²) < 4.78 is 70.6. The number of nitrogen functional groups attached to an aromatic ring is 1. The van der Waals surface area contributed by atoms with Gasteiger partial charge >= 0.3 is 18.1 Å². The molecular formula is C20H16ClF5N6O3. The molecule has 0 aliphatic carbocycles. The van der Waals surface area contributed by atoms with Gasteiger partial charge in [0.25, 0.3) is 0 Å². The Hall–Kier alpha value is -3.55. The molecule has 1 aliphatic heterocycles. The van der Waals surface area contributed by atoms with Gasteiger partial charge < -0.3 is 15.8 Å². The molecule has 1 unspecified atom stereocenters. The van der Waals surface area contributed by atoms with Crippen LogP contribution in [0.15, 0.2) is 18.2 Å². The van der Waals surface area contributed by atoms with Crippen molar-refractivity contribution in [3.8, 4) is 11.5 Å². The Bertz CT molecular complexity index is 1380. The third-order valence-corrected chi connectivity index (χ3v) is 5.93. The third kappa shape index (κ3) is 3.81. The number of nitrogens with zero attached hydrogens (tertiary/aromatic N) is 4. The highest BCUT2D eigenvalue weighted by molar-refractivity contribution is 6.31. The quantitative estimate of drug-likeness (QED) is 0.300. The van der Waals surface area contributed by atoms with Crippen LogP contribution in [0.25, 0.3) is 22.4 Å². The van der Waals surface area contributed by atoms with Crippen molar-refractivity contribution in [3.05, 3.63) is 28.8 Å². The van der Waals surface area contributed by atoms with Gasteiger partial charge in [0.05, 0.1) is 18.2 Å². The van der Waals surface area contributed by atoms with E-state index in [0.717, 1.165) is 11.8 Å². The van der Waals surface area contributed by atoms with Gasteiger partial charge in [-0.15, -0.1) is 0 Å². The number of benzene rings is 1. The van der Waals surface area contributed by atoms with Crippen molar-refractivity contribution in [2.24, 2.45) is 0 Å². The summed E-state index contributed by atoms with van der Waals surface area (Å²) in [6, 6.07) is 4.25. The molecule has 9 nitrogen and oxygen atoms in total. The van der Waals surface area contributed by atoms with E-state index in [2.05, 4.69) is 20.4 Å². The first-order valence-electron chi connectivity index (χ1n) is 9.89. The average molecular weight is 519 g/mol. The van der Waals surface area contributed by atoms with Gasteiger partial charge in [0.15, 0.2) is 11.2 Å². The lowest BCUT2D eigenvalue weighted by Crippen LogP contribution is -2.40. The summed E-state index contributed by atoms with van der Waals surface area (Å²) in [5.41, 5.74) is 4.35. The van der Waals surface area contributed by atoms with E-state index in [4.69, 9.17) is 22.1 Å². The number of ether oxygens (including phenoxy) is 1. The molecule has 15 heteroatoms. The van der Waals surface area contributed by atoms with Crippen LogP contribution in [0.3, 0.4) is 0 Å². The Morgan fingerprint density at radius 2 is 1.94 bits per heavy atom.